The molecule has 0 bridgehead atoms. The van der Waals surface area contributed by atoms with Crippen molar-refractivity contribution in [2.45, 2.75) is 19.3 Å². The van der Waals surface area contributed by atoms with Crippen molar-refractivity contribution in [1.82, 2.24) is 35.5 Å². The lowest BCUT2D eigenvalue weighted by Crippen LogP contribution is -2.30. The molecule has 1 fully saturated rings. The average molecular weight is 453 g/mol. The number of amides is 1. The zero-order valence-corrected chi connectivity index (χ0v) is 18.5. The van der Waals surface area contributed by atoms with E-state index in [9.17, 15) is 4.79 Å². The number of hydrogen-bond donors (Lipinski definition) is 4. The number of aromatic nitrogens is 6. The molecule has 0 radical (unpaired) electrons. The molecular weight excluding hydrogens is 428 g/mol. The van der Waals surface area contributed by atoms with E-state index >= 15 is 0 Å². The molecule has 5 aromatic heterocycles. The van der Waals surface area contributed by atoms with E-state index in [1.54, 1.807) is 24.8 Å². The first-order valence-corrected chi connectivity index (χ1v) is 11.5. The summed E-state index contributed by atoms with van der Waals surface area (Å²) in [5.74, 6) is 0.458. The highest BCUT2D eigenvalue weighted by Crippen LogP contribution is 2.30. The summed E-state index contributed by atoms with van der Waals surface area (Å²) in [6.07, 6.45) is 9.57. The molecule has 0 aliphatic carbocycles. The SMILES string of the molecule is O=C(CC1CCNCC1)Nc1cncc(-c2cc3c(-c4cc5ncccc5[nH]4)n[nH]c3cn2)c1. The lowest BCUT2D eigenvalue weighted by Gasteiger charge is -2.21. The van der Waals surface area contributed by atoms with E-state index < -0.39 is 0 Å². The first-order chi connectivity index (χ1) is 16.7. The van der Waals surface area contributed by atoms with Crippen LogP contribution in [0, 0.1) is 5.92 Å². The number of fused-ring (bicyclic) bond motifs is 2. The van der Waals surface area contributed by atoms with Crippen LogP contribution in [0.15, 0.2) is 55.1 Å². The maximum atomic E-state index is 12.5. The van der Waals surface area contributed by atoms with Gasteiger partial charge >= 0.3 is 0 Å². The predicted octanol–water partition coefficient (Wildman–Crippen LogP) is 3.89. The van der Waals surface area contributed by atoms with Gasteiger partial charge in [0.05, 0.1) is 46.0 Å². The summed E-state index contributed by atoms with van der Waals surface area (Å²) in [5.41, 5.74) is 6.63. The molecule has 0 atom stereocenters. The van der Waals surface area contributed by atoms with E-state index in [0.717, 1.165) is 70.5 Å². The van der Waals surface area contributed by atoms with Crippen molar-refractivity contribution < 1.29 is 4.79 Å². The van der Waals surface area contributed by atoms with Crippen LogP contribution in [0.5, 0.6) is 0 Å². The van der Waals surface area contributed by atoms with Crippen molar-refractivity contribution in [1.29, 1.82) is 0 Å². The van der Waals surface area contributed by atoms with Gasteiger partial charge in [0.1, 0.15) is 5.69 Å². The highest BCUT2D eigenvalue weighted by Gasteiger charge is 2.17. The first-order valence-electron chi connectivity index (χ1n) is 11.5. The summed E-state index contributed by atoms with van der Waals surface area (Å²) in [4.78, 5) is 29.3. The van der Waals surface area contributed by atoms with Crippen LogP contribution in [0.3, 0.4) is 0 Å². The third kappa shape index (κ3) is 4.01. The number of carbonyl (C=O) groups excluding carboxylic acids is 1. The van der Waals surface area contributed by atoms with Gasteiger partial charge in [-0.2, -0.15) is 5.10 Å². The van der Waals surface area contributed by atoms with Crippen LogP contribution < -0.4 is 10.6 Å². The monoisotopic (exact) mass is 452 g/mol. The van der Waals surface area contributed by atoms with Gasteiger partial charge in [-0.15, -0.1) is 0 Å². The van der Waals surface area contributed by atoms with Crippen molar-refractivity contribution in [3.63, 3.8) is 0 Å². The molecule has 4 N–H and O–H groups in total. The average Bonchev–Trinajstić information content (AvgIpc) is 3.48. The number of rotatable bonds is 5. The molecule has 1 aliphatic heterocycles. The topological polar surface area (TPSA) is 124 Å². The fourth-order valence-electron chi connectivity index (χ4n) is 4.57. The number of anilines is 1. The Kier molecular flexibility index (Phi) is 5.23. The van der Waals surface area contributed by atoms with Gasteiger partial charge in [-0.3, -0.25) is 24.8 Å². The third-order valence-electron chi connectivity index (χ3n) is 6.34. The van der Waals surface area contributed by atoms with E-state index in [4.69, 9.17) is 0 Å². The Morgan fingerprint density at radius 3 is 2.85 bits per heavy atom. The van der Waals surface area contributed by atoms with Crippen LogP contribution >= 0.6 is 0 Å². The molecule has 0 aromatic carbocycles. The minimum Gasteiger partial charge on any atom is -0.352 e. The summed E-state index contributed by atoms with van der Waals surface area (Å²) >= 11 is 0. The zero-order valence-electron chi connectivity index (χ0n) is 18.5. The van der Waals surface area contributed by atoms with Crippen LogP contribution in [0.2, 0.25) is 0 Å². The molecule has 6 rings (SSSR count). The van der Waals surface area contributed by atoms with Crippen molar-refractivity contribution in [3.05, 3.63) is 55.1 Å². The fraction of sp³-hybridized carbons (Fsp3) is 0.240. The van der Waals surface area contributed by atoms with Crippen molar-refractivity contribution in [2.24, 2.45) is 5.92 Å². The second-order valence-corrected chi connectivity index (χ2v) is 8.71. The second-order valence-electron chi connectivity index (χ2n) is 8.71. The Balaban J connectivity index is 1.27. The molecule has 0 spiro atoms. The minimum absolute atomic E-state index is 0.0267. The number of hydrogen-bond acceptors (Lipinski definition) is 6. The standard InChI is InChI=1S/C25H24N8O/c34-24(8-15-3-6-26-7-4-15)30-17-9-16(12-27-13-17)20-10-18-23(14-29-20)32-33-25(18)22-11-21-19(31-22)2-1-5-28-21/h1-2,5,9-15,26,31H,3-4,6-8H2,(H,30,34)(H,32,33). The molecule has 34 heavy (non-hydrogen) atoms. The van der Waals surface area contributed by atoms with Gasteiger partial charge < -0.3 is 15.6 Å². The quantitative estimate of drug-likeness (QED) is 0.321. The minimum atomic E-state index is 0.0267. The predicted molar refractivity (Wildman–Crippen MR) is 131 cm³/mol. The number of carbonyl (C=O) groups is 1. The largest absolute Gasteiger partial charge is 0.352 e. The maximum absolute atomic E-state index is 12.5. The Morgan fingerprint density at radius 1 is 1.06 bits per heavy atom. The number of piperidine rings is 1. The smallest absolute Gasteiger partial charge is 0.224 e. The molecule has 170 valence electrons. The molecule has 6 heterocycles. The summed E-state index contributed by atoms with van der Waals surface area (Å²) in [5, 5.41) is 14.8. The maximum Gasteiger partial charge on any atom is 0.224 e. The highest BCUT2D eigenvalue weighted by molar-refractivity contribution is 5.96. The Hall–Kier alpha value is -4.11. The number of aromatic amines is 2. The molecule has 1 saturated heterocycles. The van der Waals surface area contributed by atoms with Gasteiger partial charge in [0, 0.05) is 29.8 Å². The zero-order chi connectivity index (χ0) is 22.9. The van der Waals surface area contributed by atoms with Crippen LogP contribution in [0.1, 0.15) is 19.3 Å². The number of nitrogens with one attached hydrogen (secondary N) is 4. The van der Waals surface area contributed by atoms with E-state index in [-0.39, 0.29) is 5.91 Å². The molecule has 0 unspecified atom stereocenters. The van der Waals surface area contributed by atoms with Crippen molar-refractivity contribution in [3.8, 4) is 22.6 Å². The Morgan fingerprint density at radius 2 is 1.97 bits per heavy atom. The van der Waals surface area contributed by atoms with Gasteiger partial charge in [-0.25, -0.2) is 0 Å². The van der Waals surface area contributed by atoms with E-state index in [1.165, 1.54) is 0 Å². The van der Waals surface area contributed by atoms with Crippen LogP contribution in [0.4, 0.5) is 5.69 Å². The van der Waals surface area contributed by atoms with Crippen molar-refractivity contribution >= 4 is 33.5 Å². The molecule has 1 aliphatic rings. The number of H-pyrrole nitrogens is 2. The summed E-state index contributed by atoms with van der Waals surface area (Å²) in [6.45, 7) is 1.96. The van der Waals surface area contributed by atoms with E-state index in [1.807, 2.05) is 30.3 Å². The van der Waals surface area contributed by atoms with Gasteiger partial charge in [0.25, 0.3) is 0 Å². The summed E-state index contributed by atoms with van der Waals surface area (Å²) in [6, 6.07) is 9.78. The number of pyridine rings is 3. The molecule has 1 amide bonds. The van der Waals surface area contributed by atoms with E-state index in [2.05, 4.69) is 40.8 Å². The summed E-state index contributed by atoms with van der Waals surface area (Å²) < 4.78 is 0. The van der Waals surface area contributed by atoms with Crippen LogP contribution in [-0.4, -0.2) is 49.1 Å². The molecule has 9 heteroatoms. The normalized spacial score (nSPS) is 14.6. The lowest BCUT2D eigenvalue weighted by atomic mass is 9.94. The Labute approximate surface area is 195 Å². The van der Waals surface area contributed by atoms with Gasteiger partial charge in [0.2, 0.25) is 5.91 Å². The summed E-state index contributed by atoms with van der Waals surface area (Å²) in [7, 11) is 0. The van der Waals surface area contributed by atoms with E-state index in [0.29, 0.717) is 18.0 Å². The van der Waals surface area contributed by atoms with Gasteiger partial charge in [-0.1, -0.05) is 0 Å². The molecule has 0 saturated carbocycles. The molecule has 9 nitrogen and oxygen atoms in total. The number of nitrogens with zero attached hydrogens (tertiary/aromatic N) is 4. The first kappa shape index (κ1) is 20.5. The Bertz CT molecular complexity index is 1450. The fourth-order valence-corrected chi connectivity index (χ4v) is 4.57. The van der Waals surface area contributed by atoms with Crippen molar-refractivity contribution in [2.75, 3.05) is 18.4 Å². The molecular formula is C25H24N8O. The molecule has 5 aromatic rings. The second kappa shape index (κ2) is 8.68. The third-order valence-corrected chi connectivity index (χ3v) is 6.34. The van der Waals surface area contributed by atoms with Crippen LogP contribution in [-0.2, 0) is 4.79 Å². The van der Waals surface area contributed by atoms with Crippen LogP contribution in [0.25, 0.3) is 44.6 Å². The van der Waals surface area contributed by atoms with Gasteiger partial charge in [-0.05, 0) is 62.2 Å². The lowest BCUT2D eigenvalue weighted by molar-refractivity contribution is -0.117. The van der Waals surface area contributed by atoms with Gasteiger partial charge in [0.15, 0.2) is 0 Å². The highest BCUT2D eigenvalue weighted by atomic mass is 16.1.